The van der Waals surface area contributed by atoms with Crippen LogP contribution in [0.3, 0.4) is 0 Å². The number of methoxy groups -OCH3 is 2. The summed E-state index contributed by atoms with van der Waals surface area (Å²) in [5.41, 5.74) is 0.500. The molecule has 110 valence electrons. The second kappa shape index (κ2) is 8.90. The van der Waals surface area contributed by atoms with Gasteiger partial charge >= 0.3 is 5.97 Å². The Morgan fingerprint density at radius 1 is 1.20 bits per heavy atom. The highest BCUT2D eigenvalue weighted by atomic mass is 16.5. The number of nitrogens with zero attached hydrogens (tertiary/aromatic N) is 1. The minimum Gasteiger partial charge on any atom is -0.481 e. The summed E-state index contributed by atoms with van der Waals surface area (Å²) in [5, 5.41) is 2.80. The largest absolute Gasteiger partial charge is 0.481 e. The molecule has 0 aliphatic rings. The molecule has 1 rings (SSSR count). The molecule has 6 nitrogen and oxygen atoms in total. The number of ether oxygens (including phenoxy) is 2. The first-order chi connectivity index (χ1) is 9.67. The zero-order valence-electron chi connectivity index (χ0n) is 11.8. The maximum atomic E-state index is 11.8. The van der Waals surface area contributed by atoms with E-state index in [0.29, 0.717) is 24.4 Å². The minimum atomic E-state index is -0.196. The maximum Gasteiger partial charge on any atom is 0.305 e. The van der Waals surface area contributed by atoms with Gasteiger partial charge in [-0.15, -0.1) is 0 Å². The highest BCUT2D eigenvalue weighted by Gasteiger charge is 2.05. The van der Waals surface area contributed by atoms with Crippen LogP contribution in [0.5, 0.6) is 5.88 Å². The van der Waals surface area contributed by atoms with Gasteiger partial charge in [-0.3, -0.25) is 9.59 Å². The third kappa shape index (κ3) is 5.69. The average molecular weight is 280 g/mol. The molecule has 0 saturated carbocycles. The molecule has 1 aromatic heterocycles. The smallest absolute Gasteiger partial charge is 0.305 e. The molecule has 20 heavy (non-hydrogen) atoms. The Balaban J connectivity index is 2.18. The van der Waals surface area contributed by atoms with Gasteiger partial charge in [-0.25, -0.2) is 4.98 Å². The Labute approximate surface area is 118 Å². The van der Waals surface area contributed by atoms with Crippen LogP contribution in [0, 0.1) is 0 Å². The molecule has 0 fully saturated rings. The van der Waals surface area contributed by atoms with Crippen molar-refractivity contribution >= 4 is 11.9 Å². The van der Waals surface area contributed by atoms with E-state index in [1.54, 1.807) is 12.1 Å². The van der Waals surface area contributed by atoms with Crippen molar-refractivity contribution in [1.29, 1.82) is 0 Å². The lowest BCUT2D eigenvalue weighted by Crippen LogP contribution is -2.24. The number of hydrogen-bond donors (Lipinski definition) is 1. The third-order valence-electron chi connectivity index (χ3n) is 2.78. The second-order valence-electron chi connectivity index (χ2n) is 4.23. The Morgan fingerprint density at radius 3 is 2.60 bits per heavy atom. The van der Waals surface area contributed by atoms with Gasteiger partial charge in [0.15, 0.2) is 0 Å². The highest BCUT2D eigenvalue weighted by Crippen LogP contribution is 2.06. The lowest BCUT2D eigenvalue weighted by molar-refractivity contribution is -0.140. The molecule has 1 aromatic rings. The number of hydrogen-bond acceptors (Lipinski definition) is 5. The van der Waals surface area contributed by atoms with Crippen LogP contribution < -0.4 is 10.1 Å². The third-order valence-corrected chi connectivity index (χ3v) is 2.78. The Kier molecular flexibility index (Phi) is 7.10. The summed E-state index contributed by atoms with van der Waals surface area (Å²) in [6.07, 6.45) is 4.37. The molecule has 0 atom stereocenters. The summed E-state index contributed by atoms with van der Waals surface area (Å²) in [6, 6.07) is 3.31. The number of carbonyl (C=O) groups excluding carboxylic acids is 2. The number of aromatic nitrogens is 1. The Morgan fingerprint density at radius 2 is 2.00 bits per heavy atom. The van der Waals surface area contributed by atoms with Gasteiger partial charge < -0.3 is 14.8 Å². The van der Waals surface area contributed by atoms with Crippen molar-refractivity contribution in [3.8, 4) is 5.88 Å². The molecule has 1 N–H and O–H groups in total. The van der Waals surface area contributed by atoms with Crippen molar-refractivity contribution in [3.05, 3.63) is 23.9 Å². The molecule has 6 heteroatoms. The summed E-state index contributed by atoms with van der Waals surface area (Å²) in [7, 11) is 2.90. The predicted octanol–water partition coefficient (Wildman–Crippen LogP) is 1.55. The van der Waals surface area contributed by atoms with Gasteiger partial charge in [0.1, 0.15) is 0 Å². The number of unbranched alkanes of at least 4 members (excludes halogenated alkanes) is 2. The summed E-state index contributed by atoms with van der Waals surface area (Å²) in [5.74, 6) is 0.121. The number of carbonyl (C=O) groups is 2. The van der Waals surface area contributed by atoms with E-state index in [4.69, 9.17) is 4.74 Å². The predicted molar refractivity (Wildman–Crippen MR) is 73.6 cm³/mol. The molecule has 0 radical (unpaired) electrons. The molecule has 0 aromatic carbocycles. The van der Waals surface area contributed by atoms with Crippen LogP contribution in [-0.4, -0.2) is 37.6 Å². The second-order valence-corrected chi connectivity index (χ2v) is 4.23. The average Bonchev–Trinajstić information content (AvgIpc) is 2.50. The van der Waals surface area contributed by atoms with Crippen LogP contribution >= 0.6 is 0 Å². The van der Waals surface area contributed by atoms with Gasteiger partial charge in [-0.1, -0.05) is 6.42 Å². The molecular formula is C14H20N2O4. The van der Waals surface area contributed by atoms with Crippen LogP contribution in [0.4, 0.5) is 0 Å². The molecule has 1 heterocycles. The lowest BCUT2D eigenvalue weighted by atomic mass is 10.2. The van der Waals surface area contributed by atoms with Crippen LogP contribution in [0.15, 0.2) is 18.3 Å². The summed E-state index contributed by atoms with van der Waals surface area (Å²) in [6.45, 7) is 0.575. The van der Waals surface area contributed by atoms with Crippen LogP contribution in [0.25, 0.3) is 0 Å². The fourth-order valence-corrected chi connectivity index (χ4v) is 1.61. The van der Waals surface area contributed by atoms with Crippen LogP contribution in [0.2, 0.25) is 0 Å². The number of rotatable bonds is 8. The molecule has 0 aliphatic heterocycles. The number of amides is 1. The monoisotopic (exact) mass is 280 g/mol. The summed E-state index contributed by atoms with van der Waals surface area (Å²) >= 11 is 0. The zero-order chi connectivity index (χ0) is 14.8. The van der Waals surface area contributed by atoms with Gasteiger partial charge in [0.05, 0.1) is 19.8 Å². The normalized spacial score (nSPS) is 9.90. The van der Waals surface area contributed by atoms with Crippen molar-refractivity contribution in [2.45, 2.75) is 25.7 Å². The summed E-state index contributed by atoms with van der Waals surface area (Å²) in [4.78, 5) is 26.6. The van der Waals surface area contributed by atoms with Crippen LogP contribution in [-0.2, 0) is 9.53 Å². The van der Waals surface area contributed by atoms with Crippen molar-refractivity contribution in [2.24, 2.45) is 0 Å². The SMILES string of the molecule is COC(=O)CCCCCNC(=O)c1ccc(OC)nc1. The minimum absolute atomic E-state index is 0.159. The van der Waals surface area contributed by atoms with Gasteiger partial charge in [0, 0.05) is 25.2 Å². The van der Waals surface area contributed by atoms with E-state index < -0.39 is 0 Å². The highest BCUT2D eigenvalue weighted by molar-refractivity contribution is 5.93. The molecule has 0 bridgehead atoms. The van der Waals surface area contributed by atoms with E-state index in [9.17, 15) is 9.59 Å². The van der Waals surface area contributed by atoms with Gasteiger partial charge in [-0.05, 0) is 18.9 Å². The van der Waals surface area contributed by atoms with Gasteiger partial charge in [0.2, 0.25) is 5.88 Å². The summed E-state index contributed by atoms with van der Waals surface area (Å²) < 4.78 is 9.47. The fourth-order valence-electron chi connectivity index (χ4n) is 1.61. The first kappa shape index (κ1) is 15.9. The zero-order valence-corrected chi connectivity index (χ0v) is 11.8. The number of pyridine rings is 1. The number of esters is 1. The molecule has 0 aliphatic carbocycles. The van der Waals surface area contributed by atoms with Crippen LogP contribution in [0.1, 0.15) is 36.0 Å². The van der Waals surface area contributed by atoms with E-state index in [1.165, 1.54) is 20.4 Å². The maximum absolute atomic E-state index is 11.8. The first-order valence-electron chi connectivity index (χ1n) is 6.52. The van der Waals surface area contributed by atoms with Crippen molar-refractivity contribution in [3.63, 3.8) is 0 Å². The van der Waals surface area contributed by atoms with Gasteiger partial charge in [-0.2, -0.15) is 0 Å². The molecule has 1 amide bonds. The van der Waals surface area contributed by atoms with E-state index in [0.717, 1.165) is 19.3 Å². The van der Waals surface area contributed by atoms with Gasteiger partial charge in [0.25, 0.3) is 5.91 Å². The topological polar surface area (TPSA) is 77.5 Å². The lowest BCUT2D eigenvalue weighted by Gasteiger charge is -2.05. The van der Waals surface area contributed by atoms with Crippen molar-refractivity contribution < 1.29 is 19.1 Å². The van der Waals surface area contributed by atoms with E-state index in [2.05, 4.69) is 15.0 Å². The Hall–Kier alpha value is -2.11. The van der Waals surface area contributed by atoms with E-state index in [-0.39, 0.29) is 11.9 Å². The van der Waals surface area contributed by atoms with Crippen molar-refractivity contribution in [1.82, 2.24) is 10.3 Å². The molecule has 0 spiro atoms. The molecule has 0 unspecified atom stereocenters. The van der Waals surface area contributed by atoms with E-state index in [1.807, 2.05) is 0 Å². The van der Waals surface area contributed by atoms with Crippen molar-refractivity contribution in [2.75, 3.05) is 20.8 Å². The standard InChI is InChI=1S/C14H20N2O4/c1-19-12-8-7-11(10-16-12)14(18)15-9-5-3-4-6-13(17)20-2/h7-8,10H,3-6,9H2,1-2H3,(H,15,18). The fraction of sp³-hybridized carbons (Fsp3) is 0.500. The first-order valence-corrected chi connectivity index (χ1v) is 6.52. The molecular weight excluding hydrogens is 260 g/mol. The quantitative estimate of drug-likeness (QED) is 0.577. The van der Waals surface area contributed by atoms with E-state index >= 15 is 0 Å². The molecule has 0 saturated heterocycles. The Bertz CT molecular complexity index is 431. The number of nitrogens with one attached hydrogen (secondary N) is 1.